The first-order valence-corrected chi connectivity index (χ1v) is 6.17. The number of aromatic nitrogens is 2. The largest absolute Gasteiger partial charge is 0.479 e. The number of carbonyl (C=O) groups excluding carboxylic acids is 1. The molecule has 2 N–H and O–H groups in total. The standard InChI is InChI=1S/C14H14FN3O3/c1-8-4-3-5-10(11(8)15)13(19)17-12(14(20)21)9-6-16-18(2)7-9/h3-7,12H,1-2H3,(H,17,19)(H,20,21). The van der Waals surface area contributed by atoms with Crippen LogP contribution in [0.2, 0.25) is 0 Å². The van der Waals surface area contributed by atoms with Crippen molar-refractivity contribution < 1.29 is 19.1 Å². The van der Waals surface area contributed by atoms with E-state index in [0.29, 0.717) is 11.1 Å². The molecule has 6 nitrogen and oxygen atoms in total. The molecular formula is C14H14FN3O3. The summed E-state index contributed by atoms with van der Waals surface area (Å²) in [5, 5.41) is 15.4. The molecule has 0 radical (unpaired) electrons. The number of carboxylic acids is 1. The lowest BCUT2D eigenvalue weighted by Gasteiger charge is -2.13. The van der Waals surface area contributed by atoms with E-state index < -0.39 is 23.7 Å². The smallest absolute Gasteiger partial charge is 0.331 e. The van der Waals surface area contributed by atoms with Crippen molar-refractivity contribution >= 4 is 11.9 Å². The van der Waals surface area contributed by atoms with E-state index >= 15 is 0 Å². The molecule has 0 bridgehead atoms. The van der Waals surface area contributed by atoms with Crippen LogP contribution < -0.4 is 5.32 Å². The van der Waals surface area contributed by atoms with Crippen LogP contribution in [-0.4, -0.2) is 26.8 Å². The molecule has 110 valence electrons. The van der Waals surface area contributed by atoms with Gasteiger partial charge in [0, 0.05) is 18.8 Å². The summed E-state index contributed by atoms with van der Waals surface area (Å²) in [5.74, 6) is -2.69. The van der Waals surface area contributed by atoms with Crippen molar-refractivity contribution in [2.75, 3.05) is 0 Å². The van der Waals surface area contributed by atoms with Gasteiger partial charge in [-0.3, -0.25) is 9.48 Å². The molecule has 0 fully saturated rings. The molecule has 1 aromatic heterocycles. The molecule has 0 saturated heterocycles. The Balaban J connectivity index is 2.27. The van der Waals surface area contributed by atoms with E-state index in [1.165, 1.54) is 42.2 Å². The maximum absolute atomic E-state index is 13.9. The van der Waals surface area contributed by atoms with Gasteiger partial charge in [0.15, 0.2) is 6.04 Å². The summed E-state index contributed by atoms with van der Waals surface area (Å²) in [6, 6.07) is 3.08. The molecular weight excluding hydrogens is 277 g/mol. The molecule has 0 aliphatic heterocycles. The van der Waals surface area contributed by atoms with Gasteiger partial charge in [0.2, 0.25) is 0 Å². The molecule has 2 rings (SSSR count). The molecule has 1 heterocycles. The SMILES string of the molecule is Cc1cccc(C(=O)NC(C(=O)O)c2cnn(C)c2)c1F. The number of amides is 1. The predicted octanol–water partition coefficient (Wildman–Crippen LogP) is 1.42. The van der Waals surface area contributed by atoms with Crippen molar-refractivity contribution in [3.63, 3.8) is 0 Å². The third-order valence-electron chi connectivity index (χ3n) is 3.02. The maximum Gasteiger partial charge on any atom is 0.331 e. The van der Waals surface area contributed by atoms with E-state index in [1.807, 2.05) is 0 Å². The van der Waals surface area contributed by atoms with E-state index in [4.69, 9.17) is 0 Å². The molecule has 1 atom stereocenters. The number of aliphatic carboxylic acids is 1. The van der Waals surface area contributed by atoms with E-state index in [9.17, 15) is 19.1 Å². The van der Waals surface area contributed by atoms with Gasteiger partial charge in [-0.2, -0.15) is 5.10 Å². The zero-order valence-electron chi connectivity index (χ0n) is 11.5. The highest BCUT2D eigenvalue weighted by Crippen LogP contribution is 2.16. The second-order valence-corrected chi connectivity index (χ2v) is 4.63. The van der Waals surface area contributed by atoms with E-state index in [2.05, 4.69) is 10.4 Å². The van der Waals surface area contributed by atoms with Crippen LogP contribution in [0.5, 0.6) is 0 Å². The first kappa shape index (κ1) is 14.7. The van der Waals surface area contributed by atoms with Gasteiger partial charge in [-0.1, -0.05) is 12.1 Å². The van der Waals surface area contributed by atoms with Crippen LogP contribution in [0.25, 0.3) is 0 Å². The Kier molecular flexibility index (Phi) is 4.02. The van der Waals surface area contributed by atoms with Crippen LogP contribution in [0.15, 0.2) is 30.6 Å². The average molecular weight is 291 g/mol. The minimum Gasteiger partial charge on any atom is -0.479 e. The zero-order chi connectivity index (χ0) is 15.6. The number of halogens is 1. The number of aryl methyl sites for hydroxylation is 2. The number of nitrogens with one attached hydrogen (secondary N) is 1. The van der Waals surface area contributed by atoms with Crippen LogP contribution in [0.4, 0.5) is 4.39 Å². The average Bonchev–Trinajstić information content (AvgIpc) is 2.84. The maximum atomic E-state index is 13.9. The Morgan fingerprint density at radius 3 is 2.71 bits per heavy atom. The summed E-state index contributed by atoms with van der Waals surface area (Å²) in [6.07, 6.45) is 2.82. The minimum atomic E-state index is -1.29. The molecule has 1 amide bonds. The second-order valence-electron chi connectivity index (χ2n) is 4.63. The van der Waals surface area contributed by atoms with Crippen LogP contribution in [0.1, 0.15) is 27.5 Å². The molecule has 7 heteroatoms. The van der Waals surface area contributed by atoms with Crippen LogP contribution in [0.3, 0.4) is 0 Å². The summed E-state index contributed by atoms with van der Waals surface area (Å²) >= 11 is 0. The quantitative estimate of drug-likeness (QED) is 0.892. The predicted molar refractivity (Wildman–Crippen MR) is 72.2 cm³/mol. The number of rotatable bonds is 4. The Bertz CT molecular complexity index is 697. The van der Waals surface area contributed by atoms with Gasteiger partial charge < -0.3 is 10.4 Å². The van der Waals surface area contributed by atoms with Crippen molar-refractivity contribution in [3.05, 3.63) is 53.1 Å². The van der Waals surface area contributed by atoms with Gasteiger partial charge in [0.05, 0.1) is 11.8 Å². The minimum absolute atomic E-state index is 0.190. The number of carboxylic acid groups (broad SMARTS) is 1. The van der Waals surface area contributed by atoms with Gasteiger partial charge in [-0.25, -0.2) is 9.18 Å². The lowest BCUT2D eigenvalue weighted by molar-refractivity contribution is -0.139. The number of hydrogen-bond donors (Lipinski definition) is 2. The molecule has 2 aromatic rings. The van der Waals surface area contributed by atoms with Crippen LogP contribution in [-0.2, 0) is 11.8 Å². The monoisotopic (exact) mass is 291 g/mol. The molecule has 0 saturated carbocycles. The number of nitrogens with zero attached hydrogens (tertiary/aromatic N) is 2. The summed E-state index contributed by atoms with van der Waals surface area (Å²) in [7, 11) is 1.63. The van der Waals surface area contributed by atoms with Crippen molar-refractivity contribution in [1.29, 1.82) is 0 Å². The number of carbonyl (C=O) groups is 2. The van der Waals surface area contributed by atoms with E-state index in [-0.39, 0.29) is 5.56 Å². The van der Waals surface area contributed by atoms with Crippen molar-refractivity contribution in [1.82, 2.24) is 15.1 Å². The Morgan fingerprint density at radius 2 is 2.14 bits per heavy atom. The Hall–Kier alpha value is -2.70. The van der Waals surface area contributed by atoms with Gasteiger partial charge in [0.25, 0.3) is 5.91 Å². The highest BCUT2D eigenvalue weighted by molar-refractivity contribution is 5.97. The number of benzene rings is 1. The second kappa shape index (κ2) is 5.74. The third kappa shape index (κ3) is 3.07. The fraction of sp³-hybridized carbons (Fsp3) is 0.214. The molecule has 0 spiro atoms. The van der Waals surface area contributed by atoms with E-state index in [0.717, 1.165) is 0 Å². The van der Waals surface area contributed by atoms with Crippen molar-refractivity contribution in [3.8, 4) is 0 Å². The van der Waals surface area contributed by atoms with Gasteiger partial charge in [0.1, 0.15) is 5.82 Å². The fourth-order valence-corrected chi connectivity index (χ4v) is 1.91. The number of hydrogen-bond acceptors (Lipinski definition) is 3. The lowest BCUT2D eigenvalue weighted by atomic mass is 10.1. The summed E-state index contributed by atoms with van der Waals surface area (Å²) in [6.45, 7) is 1.53. The Labute approximate surface area is 120 Å². The van der Waals surface area contributed by atoms with Gasteiger partial charge in [-0.15, -0.1) is 0 Å². The molecule has 1 aromatic carbocycles. The summed E-state index contributed by atoms with van der Waals surface area (Å²) in [5.41, 5.74) is 0.437. The molecule has 21 heavy (non-hydrogen) atoms. The van der Waals surface area contributed by atoms with Crippen LogP contribution in [0, 0.1) is 12.7 Å². The topological polar surface area (TPSA) is 84.2 Å². The van der Waals surface area contributed by atoms with Crippen LogP contribution >= 0.6 is 0 Å². The first-order chi connectivity index (χ1) is 9.90. The highest BCUT2D eigenvalue weighted by Gasteiger charge is 2.25. The molecule has 1 unspecified atom stereocenters. The summed E-state index contributed by atoms with van der Waals surface area (Å²) in [4.78, 5) is 23.4. The van der Waals surface area contributed by atoms with Gasteiger partial charge >= 0.3 is 5.97 Å². The Morgan fingerprint density at radius 1 is 1.43 bits per heavy atom. The van der Waals surface area contributed by atoms with Crippen molar-refractivity contribution in [2.24, 2.45) is 7.05 Å². The first-order valence-electron chi connectivity index (χ1n) is 6.17. The zero-order valence-corrected chi connectivity index (χ0v) is 11.5. The molecule has 0 aliphatic rings. The highest BCUT2D eigenvalue weighted by atomic mass is 19.1. The summed E-state index contributed by atoms with van der Waals surface area (Å²) < 4.78 is 15.3. The molecule has 0 aliphatic carbocycles. The van der Waals surface area contributed by atoms with Crippen molar-refractivity contribution in [2.45, 2.75) is 13.0 Å². The lowest BCUT2D eigenvalue weighted by Crippen LogP contribution is -2.34. The third-order valence-corrected chi connectivity index (χ3v) is 3.02. The van der Waals surface area contributed by atoms with Gasteiger partial charge in [-0.05, 0) is 18.6 Å². The fourth-order valence-electron chi connectivity index (χ4n) is 1.91. The normalized spacial score (nSPS) is 12.0. The van der Waals surface area contributed by atoms with E-state index in [1.54, 1.807) is 7.05 Å².